The minimum atomic E-state index is -0.578. The molecule has 5 nitrogen and oxygen atoms in total. The first-order valence-electron chi connectivity index (χ1n) is 7.70. The molecule has 7 heteroatoms. The molecule has 0 spiro atoms. The molecule has 0 fully saturated rings. The molecule has 0 aliphatic rings. The number of ether oxygens (including phenoxy) is 1. The van der Waals surface area contributed by atoms with Gasteiger partial charge in [0.25, 0.3) is 0 Å². The standard InChI is InChI=1S/C19H14FNO4S/c1-12-11-26-19(24)21(12)10-17(22)25-16-8-4-14(5-9-16)18(23)13-2-6-15(20)7-3-13/h2-9,11H,10H2,1H3. The second-order valence-corrected chi connectivity index (χ2v) is 6.38. The van der Waals surface area contributed by atoms with Gasteiger partial charge in [-0.15, -0.1) is 0 Å². The molecule has 26 heavy (non-hydrogen) atoms. The van der Waals surface area contributed by atoms with Crippen molar-refractivity contribution in [2.24, 2.45) is 0 Å². The van der Waals surface area contributed by atoms with E-state index in [1.165, 1.54) is 53.1 Å². The molecule has 2 aromatic carbocycles. The summed E-state index contributed by atoms with van der Waals surface area (Å²) >= 11 is 1.02. The number of nitrogens with zero attached hydrogens (tertiary/aromatic N) is 1. The number of benzene rings is 2. The molecule has 0 unspecified atom stereocenters. The van der Waals surface area contributed by atoms with Crippen LogP contribution in [0.3, 0.4) is 0 Å². The Hall–Kier alpha value is -3.06. The lowest BCUT2D eigenvalue weighted by molar-refractivity contribution is -0.135. The minimum absolute atomic E-state index is 0.176. The van der Waals surface area contributed by atoms with E-state index < -0.39 is 11.8 Å². The molecule has 0 saturated carbocycles. The van der Waals surface area contributed by atoms with Crippen LogP contribution in [0.25, 0.3) is 0 Å². The molecule has 1 aromatic heterocycles. The maximum absolute atomic E-state index is 12.9. The summed E-state index contributed by atoms with van der Waals surface area (Å²) in [5.74, 6) is -0.982. The largest absolute Gasteiger partial charge is 0.425 e. The molecular weight excluding hydrogens is 357 g/mol. The Kier molecular flexibility index (Phi) is 5.09. The smallest absolute Gasteiger partial charge is 0.331 e. The zero-order valence-electron chi connectivity index (χ0n) is 13.8. The third kappa shape index (κ3) is 3.94. The average Bonchev–Trinajstić information content (AvgIpc) is 2.94. The molecule has 3 rings (SSSR count). The quantitative estimate of drug-likeness (QED) is 0.392. The molecule has 132 valence electrons. The van der Waals surface area contributed by atoms with Gasteiger partial charge in [0.2, 0.25) is 0 Å². The normalized spacial score (nSPS) is 10.5. The number of aryl methyl sites for hydroxylation is 1. The van der Waals surface area contributed by atoms with E-state index in [1.54, 1.807) is 12.3 Å². The maximum Gasteiger partial charge on any atom is 0.331 e. The van der Waals surface area contributed by atoms with E-state index in [4.69, 9.17) is 4.74 Å². The molecule has 0 radical (unpaired) electrons. The first-order valence-corrected chi connectivity index (χ1v) is 8.58. The molecule has 0 N–H and O–H groups in total. The van der Waals surface area contributed by atoms with Crippen LogP contribution in [-0.2, 0) is 11.3 Å². The second-order valence-electron chi connectivity index (χ2n) is 5.56. The third-order valence-electron chi connectivity index (χ3n) is 3.72. The molecule has 0 atom stereocenters. The highest BCUT2D eigenvalue weighted by Crippen LogP contribution is 2.16. The van der Waals surface area contributed by atoms with E-state index in [1.807, 2.05) is 0 Å². The Morgan fingerprint density at radius 1 is 1.04 bits per heavy atom. The van der Waals surface area contributed by atoms with Gasteiger partial charge in [-0.3, -0.25) is 14.2 Å². The van der Waals surface area contributed by atoms with Gasteiger partial charge in [0.05, 0.1) is 0 Å². The Labute approximate surface area is 152 Å². The van der Waals surface area contributed by atoms with Crippen molar-refractivity contribution >= 4 is 23.1 Å². The number of carbonyl (C=O) groups is 2. The summed E-state index contributed by atoms with van der Waals surface area (Å²) in [5.41, 5.74) is 1.45. The number of halogens is 1. The van der Waals surface area contributed by atoms with Crippen LogP contribution in [0, 0.1) is 12.7 Å². The van der Waals surface area contributed by atoms with Crippen LogP contribution in [0.15, 0.2) is 58.7 Å². The van der Waals surface area contributed by atoms with Gasteiger partial charge in [0.1, 0.15) is 18.1 Å². The molecule has 0 bridgehead atoms. The van der Waals surface area contributed by atoms with Crippen molar-refractivity contribution in [1.29, 1.82) is 0 Å². The monoisotopic (exact) mass is 371 g/mol. The lowest BCUT2D eigenvalue weighted by Gasteiger charge is -2.07. The third-order valence-corrected chi connectivity index (χ3v) is 4.60. The number of hydrogen-bond acceptors (Lipinski definition) is 5. The lowest BCUT2D eigenvalue weighted by atomic mass is 10.0. The highest BCUT2D eigenvalue weighted by molar-refractivity contribution is 7.07. The Morgan fingerprint density at radius 2 is 1.62 bits per heavy atom. The van der Waals surface area contributed by atoms with Crippen LogP contribution in [-0.4, -0.2) is 16.3 Å². The average molecular weight is 371 g/mol. The van der Waals surface area contributed by atoms with Crippen LogP contribution in [0.1, 0.15) is 21.6 Å². The number of aromatic nitrogens is 1. The fourth-order valence-electron chi connectivity index (χ4n) is 2.33. The van der Waals surface area contributed by atoms with Crippen molar-refractivity contribution in [1.82, 2.24) is 4.57 Å². The van der Waals surface area contributed by atoms with Gasteiger partial charge in [-0.2, -0.15) is 0 Å². The SMILES string of the molecule is Cc1csc(=O)n1CC(=O)Oc1ccc(C(=O)c2ccc(F)cc2)cc1. The number of ketones is 1. The van der Waals surface area contributed by atoms with Gasteiger partial charge in [0, 0.05) is 22.2 Å². The fourth-order valence-corrected chi connectivity index (χ4v) is 3.07. The van der Waals surface area contributed by atoms with Crippen molar-refractivity contribution in [2.45, 2.75) is 13.5 Å². The summed E-state index contributed by atoms with van der Waals surface area (Å²) in [5, 5.41) is 1.67. The molecule has 0 saturated heterocycles. The summed E-state index contributed by atoms with van der Waals surface area (Å²) in [4.78, 5) is 35.7. The van der Waals surface area contributed by atoms with E-state index in [2.05, 4.69) is 0 Å². The lowest BCUT2D eigenvalue weighted by Crippen LogP contribution is -2.23. The number of hydrogen-bond donors (Lipinski definition) is 0. The van der Waals surface area contributed by atoms with Gasteiger partial charge in [-0.05, 0) is 55.5 Å². The van der Waals surface area contributed by atoms with Gasteiger partial charge in [0.15, 0.2) is 5.78 Å². The van der Waals surface area contributed by atoms with E-state index in [0.717, 1.165) is 11.3 Å². The number of carbonyl (C=O) groups excluding carboxylic acids is 2. The van der Waals surface area contributed by atoms with Crippen molar-refractivity contribution in [3.05, 3.63) is 86.2 Å². The van der Waals surface area contributed by atoms with Crippen molar-refractivity contribution in [3.8, 4) is 5.75 Å². The van der Waals surface area contributed by atoms with Crippen LogP contribution >= 0.6 is 11.3 Å². The number of esters is 1. The van der Waals surface area contributed by atoms with Crippen LogP contribution in [0.2, 0.25) is 0 Å². The van der Waals surface area contributed by atoms with Gasteiger partial charge in [-0.1, -0.05) is 11.3 Å². The summed E-state index contributed by atoms with van der Waals surface area (Å²) in [7, 11) is 0. The molecule has 0 amide bonds. The van der Waals surface area contributed by atoms with Crippen molar-refractivity contribution in [2.75, 3.05) is 0 Å². The Bertz CT molecular complexity index is 1000. The van der Waals surface area contributed by atoms with E-state index in [-0.39, 0.29) is 23.0 Å². The van der Waals surface area contributed by atoms with Crippen LogP contribution in [0.5, 0.6) is 5.75 Å². The van der Waals surface area contributed by atoms with Gasteiger partial charge < -0.3 is 4.74 Å². The van der Waals surface area contributed by atoms with E-state index in [9.17, 15) is 18.8 Å². The fraction of sp³-hybridized carbons (Fsp3) is 0.105. The molecule has 0 aliphatic heterocycles. The molecule has 1 heterocycles. The highest BCUT2D eigenvalue weighted by atomic mass is 32.1. The minimum Gasteiger partial charge on any atom is -0.425 e. The first kappa shape index (κ1) is 17.8. The summed E-state index contributed by atoms with van der Waals surface area (Å²) in [6.45, 7) is 1.56. The van der Waals surface area contributed by atoms with E-state index in [0.29, 0.717) is 16.8 Å². The van der Waals surface area contributed by atoms with Crippen LogP contribution in [0.4, 0.5) is 4.39 Å². The van der Waals surface area contributed by atoms with Gasteiger partial charge >= 0.3 is 10.8 Å². The second kappa shape index (κ2) is 7.45. The predicted octanol–water partition coefficient (Wildman–Crippen LogP) is 3.19. The number of rotatable bonds is 5. The van der Waals surface area contributed by atoms with Crippen LogP contribution < -0.4 is 9.61 Å². The molecule has 3 aromatic rings. The zero-order chi connectivity index (χ0) is 18.7. The topological polar surface area (TPSA) is 65.4 Å². The van der Waals surface area contributed by atoms with Gasteiger partial charge in [-0.25, -0.2) is 9.18 Å². The zero-order valence-corrected chi connectivity index (χ0v) is 14.6. The molecule has 0 aliphatic carbocycles. The molecular formula is C19H14FNO4S. The highest BCUT2D eigenvalue weighted by Gasteiger charge is 2.12. The predicted molar refractivity (Wildman–Crippen MR) is 95.2 cm³/mol. The summed E-state index contributed by atoms with van der Waals surface area (Å²) < 4.78 is 19.5. The number of thiazole rings is 1. The maximum atomic E-state index is 12.9. The Balaban J connectivity index is 1.67. The van der Waals surface area contributed by atoms with E-state index >= 15 is 0 Å². The van der Waals surface area contributed by atoms with Crippen molar-refractivity contribution in [3.63, 3.8) is 0 Å². The summed E-state index contributed by atoms with van der Waals surface area (Å²) in [6.07, 6.45) is 0. The van der Waals surface area contributed by atoms with Crippen molar-refractivity contribution < 1.29 is 18.7 Å². The summed E-state index contributed by atoms with van der Waals surface area (Å²) in [6, 6.07) is 11.3. The Morgan fingerprint density at radius 3 is 2.15 bits per heavy atom. The first-order chi connectivity index (χ1) is 12.4.